The Morgan fingerprint density at radius 2 is 2.06 bits per heavy atom. The predicted octanol–water partition coefficient (Wildman–Crippen LogP) is 0.423. The highest BCUT2D eigenvalue weighted by atomic mass is 16.1. The molecule has 0 radical (unpaired) electrons. The van der Waals surface area contributed by atoms with Crippen molar-refractivity contribution in [2.24, 2.45) is 0 Å². The Hall–Kier alpha value is -1.91. The van der Waals surface area contributed by atoms with Crippen LogP contribution in [0.1, 0.15) is 6.92 Å². The number of nitrogens with zero attached hydrogens (tertiary/aromatic N) is 1. The lowest BCUT2D eigenvalue weighted by molar-refractivity contribution is -0.119. The van der Waals surface area contributed by atoms with Gasteiger partial charge in [-0.3, -0.25) is 4.79 Å². The zero-order chi connectivity index (χ0) is 12.1. The van der Waals surface area contributed by atoms with Crippen LogP contribution in [-0.2, 0) is 4.79 Å². The highest BCUT2D eigenvalue weighted by Crippen LogP contribution is 2.21. The lowest BCUT2D eigenvalue weighted by atomic mass is 10.2. The minimum Gasteiger partial charge on any atom is -0.397 e. The van der Waals surface area contributed by atoms with Crippen LogP contribution in [0.5, 0.6) is 0 Å². The third kappa shape index (κ3) is 3.05. The number of anilines is 3. The molecule has 1 amide bonds. The topological polar surface area (TPSA) is 84.4 Å². The predicted molar refractivity (Wildman–Crippen MR) is 67.2 cm³/mol. The molecule has 1 rings (SSSR count). The number of nitrogens with one attached hydrogen (secondary N) is 1. The zero-order valence-corrected chi connectivity index (χ0v) is 9.66. The van der Waals surface area contributed by atoms with E-state index < -0.39 is 0 Å². The van der Waals surface area contributed by atoms with Crippen molar-refractivity contribution in [1.82, 2.24) is 5.32 Å². The summed E-state index contributed by atoms with van der Waals surface area (Å²) in [6, 6.07) is 5.33. The summed E-state index contributed by atoms with van der Waals surface area (Å²) >= 11 is 0. The van der Waals surface area contributed by atoms with Gasteiger partial charge in [0.25, 0.3) is 0 Å². The largest absolute Gasteiger partial charge is 0.397 e. The molecule has 0 saturated heterocycles. The van der Waals surface area contributed by atoms with Crippen molar-refractivity contribution in [3.05, 3.63) is 18.2 Å². The highest BCUT2D eigenvalue weighted by Gasteiger charge is 2.07. The van der Waals surface area contributed by atoms with Crippen LogP contribution in [-0.4, -0.2) is 26.0 Å². The van der Waals surface area contributed by atoms with Gasteiger partial charge in [-0.1, -0.05) is 0 Å². The summed E-state index contributed by atoms with van der Waals surface area (Å²) in [6.45, 7) is 2.83. The maximum absolute atomic E-state index is 11.4. The van der Waals surface area contributed by atoms with E-state index in [0.29, 0.717) is 24.5 Å². The second-order valence-electron chi connectivity index (χ2n) is 3.62. The molecule has 16 heavy (non-hydrogen) atoms. The second-order valence-corrected chi connectivity index (χ2v) is 3.62. The summed E-state index contributed by atoms with van der Waals surface area (Å²) in [6.07, 6.45) is 0. The molecule has 5 N–H and O–H groups in total. The molecular weight excluding hydrogens is 204 g/mol. The summed E-state index contributed by atoms with van der Waals surface area (Å²) in [7, 11) is 1.83. The molecule has 1 aromatic carbocycles. The molecule has 0 atom stereocenters. The zero-order valence-electron chi connectivity index (χ0n) is 9.66. The maximum atomic E-state index is 11.4. The van der Waals surface area contributed by atoms with Crippen molar-refractivity contribution in [2.45, 2.75) is 6.92 Å². The average Bonchev–Trinajstić information content (AvgIpc) is 2.22. The van der Waals surface area contributed by atoms with Crippen LogP contribution in [0.4, 0.5) is 17.1 Å². The lowest BCUT2D eigenvalue weighted by Gasteiger charge is -2.19. The Labute approximate surface area is 95.4 Å². The first-order chi connectivity index (χ1) is 7.54. The third-order valence-electron chi connectivity index (χ3n) is 2.27. The quantitative estimate of drug-likeness (QED) is 0.645. The number of hydrogen-bond donors (Lipinski definition) is 3. The summed E-state index contributed by atoms with van der Waals surface area (Å²) in [4.78, 5) is 13.2. The number of likely N-dealkylation sites (N-methyl/N-ethyl adjacent to an activating group) is 2. The summed E-state index contributed by atoms with van der Waals surface area (Å²) in [5, 5.41) is 2.74. The first kappa shape index (κ1) is 12.2. The third-order valence-corrected chi connectivity index (χ3v) is 2.27. The monoisotopic (exact) mass is 222 g/mol. The molecule has 0 spiro atoms. The Kier molecular flexibility index (Phi) is 3.99. The summed E-state index contributed by atoms with van der Waals surface area (Å²) in [5.74, 6) is -0.0135. The molecule has 0 bridgehead atoms. The number of carbonyl (C=O) groups is 1. The molecule has 0 aromatic heterocycles. The van der Waals surface area contributed by atoms with Gasteiger partial charge < -0.3 is 21.7 Å². The van der Waals surface area contributed by atoms with Gasteiger partial charge in [0.1, 0.15) is 0 Å². The van der Waals surface area contributed by atoms with Gasteiger partial charge in [0.15, 0.2) is 0 Å². The van der Waals surface area contributed by atoms with Crippen LogP contribution < -0.4 is 21.7 Å². The van der Waals surface area contributed by atoms with Crippen molar-refractivity contribution in [1.29, 1.82) is 0 Å². The Bertz CT molecular complexity index is 378. The number of benzene rings is 1. The second kappa shape index (κ2) is 5.25. The summed E-state index contributed by atoms with van der Waals surface area (Å²) < 4.78 is 0. The van der Waals surface area contributed by atoms with Crippen LogP contribution in [0, 0.1) is 0 Å². The van der Waals surface area contributed by atoms with E-state index in [1.54, 1.807) is 12.1 Å². The number of hydrogen-bond acceptors (Lipinski definition) is 4. The number of rotatable bonds is 4. The Morgan fingerprint density at radius 1 is 1.38 bits per heavy atom. The van der Waals surface area contributed by atoms with Gasteiger partial charge in [0.05, 0.1) is 17.9 Å². The van der Waals surface area contributed by atoms with Crippen LogP contribution in [0.15, 0.2) is 18.2 Å². The van der Waals surface area contributed by atoms with Crippen LogP contribution >= 0.6 is 0 Å². The van der Waals surface area contributed by atoms with Gasteiger partial charge >= 0.3 is 0 Å². The van der Waals surface area contributed by atoms with Crippen molar-refractivity contribution in [3.63, 3.8) is 0 Å². The van der Waals surface area contributed by atoms with Crippen molar-refractivity contribution in [3.8, 4) is 0 Å². The van der Waals surface area contributed by atoms with E-state index in [2.05, 4.69) is 5.32 Å². The van der Waals surface area contributed by atoms with Gasteiger partial charge in [-0.15, -0.1) is 0 Å². The van der Waals surface area contributed by atoms with Crippen molar-refractivity contribution in [2.75, 3.05) is 36.5 Å². The van der Waals surface area contributed by atoms with Gasteiger partial charge in [0, 0.05) is 19.3 Å². The van der Waals surface area contributed by atoms with Crippen molar-refractivity contribution >= 4 is 23.0 Å². The van der Waals surface area contributed by atoms with E-state index in [0.717, 1.165) is 5.69 Å². The molecule has 0 aliphatic rings. The summed E-state index contributed by atoms with van der Waals surface area (Å²) in [5.41, 5.74) is 13.3. The molecule has 88 valence electrons. The minimum atomic E-state index is -0.0135. The Balaban J connectivity index is 2.69. The molecule has 0 aliphatic carbocycles. The maximum Gasteiger partial charge on any atom is 0.239 e. The first-order valence-electron chi connectivity index (χ1n) is 5.17. The van der Waals surface area contributed by atoms with Crippen LogP contribution in [0.25, 0.3) is 0 Å². The number of nitrogen functional groups attached to an aromatic ring is 2. The smallest absolute Gasteiger partial charge is 0.239 e. The van der Waals surface area contributed by atoms with Gasteiger partial charge in [-0.05, 0) is 25.1 Å². The van der Waals surface area contributed by atoms with E-state index in [4.69, 9.17) is 11.5 Å². The lowest BCUT2D eigenvalue weighted by Crippen LogP contribution is -2.34. The van der Waals surface area contributed by atoms with Crippen LogP contribution in [0.2, 0.25) is 0 Å². The van der Waals surface area contributed by atoms with E-state index in [-0.39, 0.29) is 5.91 Å². The number of amides is 1. The normalized spacial score (nSPS) is 9.88. The first-order valence-corrected chi connectivity index (χ1v) is 5.17. The van der Waals surface area contributed by atoms with Gasteiger partial charge in [-0.2, -0.15) is 0 Å². The van der Waals surface area contributed by atoms with E-state index in [1.807, 2.05) is 24.9 Å². The molecule has 5 nitrogen and oxygen atoms in total. The fraction of sp³-hybridized carbons (Fsp3) is 0.364. The van der Waals surface area contributed by atoms with Gasteiger partial charge in [-0.25, -0.2) is 0 Å². The van der Waals surface area contributed by atoms with E-state index >= 15 is 0 Å². The standard InChI is InChI=1S/C11H18N4O/c1-3-14-11(16)7-15(2)8-4-5-9(12)10(13)6-8/h4-6H,3,7,12-13H2,1-2H3,(H,14,16). The fourth-order valence-corrected chi connectivity index (χ4v) is 1.36. The molecule has 0 saturated carbocycles. The number of carbonyl (C=O) groups excluding carboxylic acids is 1. The molecule has 0 unspecified atom stereocenters. The molecule has 0 aliphatic heterocycles. The fourth-order valence-electron chi connectivity index (χ4n) is 1.36. The van der Waals surface area contributed by atoms with E-state index in [9.17, 15) is 4.79 Å². The molecule has 5 heteroatoms. The molecule has 0 heterocycles. The highest BCUT2D eigenvalue weighted by molar-refractivity contribution is 5.82. The van der Waals surface area contributed by atoms with Gasteiger partial charge in [0.2, 0.25) is 5.91 Å². The number of nitrogens with two attached hydrogens (primary N) is 2. The molecular formula is C11H18N4O. The molecule has 0 fully saturated rings. The van der Waals surface area contributed by atoms with Crippen molar-refractivity contribution < 1.29 is 4.79 Å². The molecule has 1 aromatic rings. The SMILES string of the molecule is CCNC(=O)CN(C)c1ccc(N)c(N)c1. The van der Waals surface area contributed by atoms with E-state index in [1.165, 1.54) is 0 Å². The van der Waals surface area contributed by atoms with Crippen LogP contribution in [0.3, 0.4) is 0 Å². The average molecular weight is 222 g/mol. The minimum absolute atomic E-state index is 0.0135. The Morgan fingerprint density at radius 3 is 2.62 bits per heavy atom.